The van der Waals surface area contributed by atoms with Gasteiger partial charge in [0, 0.05) is 11.1 Å². The van der Waals surface area contributed by atoms with E-state index in [9.17, 15) is 19.1 Å². The Morgan fingerprint density at radius 1 is 1.29 bits per heavy atom. The van der Waals surface area contributed by atoms with Crippen molar-refractivity contribution in [2.75, 3.05) is 13.2 Å². The summed E-state index contributed by atoms with van der Waals surface area (Å²) in [5.41, 5.74) is 2.47. The maximum atomic E-state index is 11.3. The van der Waals surface area contributed by atoms with E-state index in [1.165, 1.54) is 0 Å². The fourth-order valence-electron chi connectivity index (χ4n) is 2.04. The van der Waals surface area contributed by atoms with Crippen LogP contribution in [0.2, 0.25) is 0 Å². The van der Waals surface area contributed by atoms with Crippen LogP contribution < -0.4 is 4.74 Å². The van der Waals surface area contributed by atoms with E-state index >= 15 is 0 Å². The van der Waals surface area contributed by atoms with E-state index in [0.29, 0.717) is 16.9 Å². The Balaban J connectivity index is 0.00000529. The van der Waals surface area contributed by atoms with Gasteiger partial charge in [0.2, 0.25) is 0 Å². The minimum Gasteiger partial charge on any atom is -0.524 e. The topological polar surface area (TPSA) is 93.1 Å². The molecule has 0 aliphatic heterocycles. The second kappa shape index (κ2) is 10.5. The first-order valence-electron chi connectivity index (χ1n) is 7.02. The van der Waals surface area contributed by atoms with Crippen molar-refractivity contribution in [3.8, 4) is 5.75 Å². The average molecular weight is 430 g/mol. The molecule has 0 fully saturated rings. The Morgan fingerprint density at radius 3 is 2.46 bits per heavy atom. The zero-order valence-corrected chi connectivity index (χ0v) is 17.8. The van der Waals surface area contributed by atoms with Crippen molar-refractivity contribution >= 4 is 13.6 Å². The van der Waals surface area contributed by atoms with E-state index in [-0.39, 0.29) is 52.1 Å². The van der Waals surface area contributed by atoms with E-state index < -0.39 is 13.6 Å². The molecule has 0 amide bonds. The van der Waals surface area contributed by atoms with Crippen LogP contribution in [0, 0.1) is 20.3 Å². The molecule has 2 N–H and O–H groups in total. The molecule has 0 aromatic heterocycles. The minimum absolute atomic E-state index is 0. The predicted molar refractivity (Wildman–Crippen MR) is 87.2 cm³/mol. The van der Waals surface area contributed by atoms with Gasteiger partial charge in [-0.1, -0.05) is 24.3 Å². The second-order valence-corrected chi connectivity index (χ2v) is 7.02. The summed E-state index contributed by atoms with van der Waals surface area (Å²) in [4.78, 5) is 29.6. The third-order valence-corrected chi connectivity index (χ3v) is 3.65. The van der Waals surface area contributed by atoms with Crippen molar-refractivity contribution in [3.05, 3.63) is 47.4 Å². The van der Waals surface area contributed by atoms with Crippen LogP contribution >= 0.6 is 7.60 Å². The minimum atomic E-state index is -4.19. The molecule has 0 unspecified atom stereocenters. The van der Waals surface area contributed by atoms with Crippen LogP contribution in [0.1, 0.15) is 23.6 Å². The van der Waals surface area contributed by atoms with Gasteiger partial charge in [-0.15, -0.1) is 0 Å². The number of benzene rings is 1. The standard InChI is InChI=1S/C16H22O6P.Y/c1-11(2)16(17)22-7-5-6-21-15-13(4)8-12(3)9-14(15)10-23(18,19)20;/h5,8-9H,1,6-7,10H2,2-4H3,(H2,18,19,20);/q-1;+3. The van der Waals surface area contributed by atoms with Crippen LogP contribution in [0.15, 0.2) is 24.3 Å². The van der Waals surface area contributed by atoms with Crippen LogP contribution in [-0.4, -0.2) is 29.0 Å². The molecule has 0 aliphatic carbocycles. The third kappa shape index (κ3) is 8.54. The van der Waals surface area contributed by atoms with E-state index in [4.69, 9.17) is 9.47 Å². The smallest absolute Gasteiger partial charge is 0.524 e. The summed E-state index contributed by atoms with van der Waals surface area (Å²) in [7, 11) is -4.19. The third-order valence-electron chi connectivity index (χ3n) is 2.90. The Morgan fingerprint density at radius 2 is 1.92 bits per heavy atom. The molecule has 1 rings (SSSR count). The van der Waals surface area contributed by atoms with Gasteiger partial charge in [-0.05, 0) is 39.5 Å². The number of esters is 1. The van der Waals surface area contributed by atoms with Gasteiger partial charge in [0.1, 0.15) is 5.75 Å². The zero-order chi connectivity index (χ0) is 17.6. The predicted octanol–water partition coefficient (Wildman–Crippen LogP) is 2.68. The summed E-state index contributed by atoms with van der Waals surface area (Å²) in [6, 6.07) is 3.57. The van der Waals surface area contributed by atoms with E-state index in [1.54, 1.807) is 19.4 Å². The van der Waals surface area contributed by atoms with Gasteiger partial charge in [0.25, 0.3) is 0 Å². The van der Waals surface area contributed by atoms with Crippen molar-refractivity contribution in [2.24, 2.45) is 0 Å². The van der Waals surface area contributed by atoms with Gasteiger partial charge in [0.15, 0.2) is 0 Å². The molecule has 0 saturated heterocycles. The fraction of sp³-hybridized carbons (Fsp3) is 0.375. The number of carbonyl (C=O) groups is 1. The van der Waals surface area contributed by atoms with Crippen molar-refractivity contribution in [2.45, 2.75) is 26.9 Å². The van der Waals surface area contributed by atoms with Crippen LogP contribution in [0.25, 0.3) is 0 Å². The molecule has 0 aliphatic rings. The van der Waals surface area contributed by atoms with Crippen LogP contribution in [-0.2, 0) is 53.0 Å². The van der Waals surface area contributed by atoms with Gasteiger partial charge in [-0.3, -0.25) is 11.0 Å². The summed E-state index contributed by atoms with van der Waals surface area (Å²) in [5, 5.41) is 0. The molecule has 6 nitrogen and oxygen atoms in total. The number of hydrogen-bond donors (Lipinski definition) is 2. The molecule has 1 aromatic rings. The van der Waals surface area contributed by atoms with E-state index in [2.05, 4.69) is 6.58 Å². The molecule has 0 saturated carbocycles. The number of ether oxygens (including phenoxy) is 2. The number of aryl methyl sites for hydroxylation is 2. The van der Waals surface area contributed by atoms with Crippen molar-refractivity contribution in [1.82, 2.24) is 0 Å². The summed E-state index contributed by atoms with van der Waals surface area (Å²) in [6.45, 7) is 8.92. The van der Waals surface area contributed by atoms with Gasteiger partial charge >= 0.3 is 46.3 Å². The fourth-order valence-corrected chi connectivity index (χ4v) is 2.72. The first kappa shape index (κ1) is 23.5. The Hall–Kier alpha value is -0.516. The molecular weight excluding hydrogens is 408 g/mol. The Labute approximate surface area is 167 Å². The molecule has 0 radical (unpaired) electrons. The SMILES string of the molecule is C=C(C)C(=O)OC[CH-]COc1c(C)cc(C)cc1CP(=O)(O)O.[Y+3]. The van der Waals surface area contributed by atoms with Crippen molar-refractivity contribution in [3.63, 3.8) is 0 Å². The molecule has 0 heterocycles. The normalized spacial score (nSPS) is 10.7. The van der Waals surface area contributed by atoms with Crippen LogP contribution in [0.5, 0.6) is 5.75 Å². The maximum Gasteiger partial charge on any atom is 3.00 e. The number of hydrogen-bond acceptors (Lipinski definition) is 4. The quantitative estimate of drug-likeness (QED) is 0.217. The molecule has 128 valence electrons. The van der Waals surface area contributed by atoms with Crippen molar-refractivity contribution < 1.29 is 61.3 Å². The van der Waals surface area contributed by atoms with Gasteiger partial charge in [-0.25, -0.2) is 4.79 Å². The van der Waals surface area contributed by atoms with Gasteiger partial charge < -0.3 is 19.3 Å². The van der Waals surface area contributed by atoms with Gasteiger partial charge in [0.05, 0.1) is 6.16 Å². The largest absolute Gasteiger partial charge is 3.00 e. The summed E-state index contributed by atoms with van der Waals surface area (Å²) in [5.74, 6) is -0.0312. The van der Waals surface area contributed by atoms with E-state index in [0.717, 1.165) is 11.1 Å². The van der Waals surface area contributed by atoms with Crippen LogP contribution in [0.3, 0.4) is 0 Å². The average Bonchev–Trinajstić information content (AvgIpc) is 2.38. The Kier molecular flexibility index (Phi) is 10.2. The van der Waals surface area contributed by atoms with Gasteiger partial charge in [-0.2, -0.15) is 0 Å². The van der Waals surface area contributed by atoms with Crippen molar-refractivity contribution in [1.29, 1.82) is 0 Å². The summed E-state index contributed by atoms with van der Waals surface area (Å²) in [6.07, 6.45) is 1.23. The molecule has 0 bridgehead atoms. The van der Waals surface area contributed by atoms with E-state index in [1.807, 2.05) is 19.9 Å². The number of carbonyl (C=O) groups excluding carboxylic acids is 1. The second-order valence-electron chi connectivity index (χ2n) is 5.37. The molecular formula is C16H22O6PY+2. The molecule has 8 heteroatoms. The summed E-state index contributed by atoms with van der Waals surface area (Å²) >= 11 is 0. The number of rotatable bonds is 8. The first-order valence-corrected chi connectivity index (χ1v) is 8.81. The molecule has 24 heavy (non-hydrogen) atoms. The molecule has 0 spiro atoms. The van der Waals surface area contributed by atoms with Crippen LogP contribution in [0.4, 0.5) is 0 Å². The maximum absolute atomic E-state index is 11.3. The molecule has 1 aromatic carbocycles. The first-order chi connectivity index (χ1) is 10.6. The Bertz CT molecular complexity index is 638. The zero-order valence-electron chi connectivity index (χ0n) is 14.1. The molecule has 0 atom stereocenters. The summed E-state index contributed by atoms with van der Waals surface area (Å²) < 4.78 is 21.8. The monoisotopic (exact) mass is 430 g/mol.